The van der Waals surface area contributed by atoms with E-state index in [1.807, 2.05) is 11.4 Å². The summed E-state index contributed by atoms with van der Waals surface area (Å²) in [6.45, 7) is 0.952. The number of rotatable bonds is 2. The monoisotopic (exact) mass is 313 g/mol. The number of benzene rings is 1. The maximum absolute atomic E-state index is 12.6. The van der Waals surface area contributed by atoms with Crippen LogP contribution in [0, 0.1) is 0 Å². The van der Waals surface area contributed by atoms with E-state index in [0.717, 1.165) is 12.0 Å². The first-order valence-electron chi connectivity index (χ1n) is 5.89. The van der Waals surface area contributed by atoms with Crippen LogP contribution in [0.3, 0.4) is 0 Å². The van der Waals surface area contributed by atoms with Crippen molar-refractivity contribution in [2.45, 2.75) is 17.9 Å². The highest BCUT2D eigenvalue weighted by atomic mass is 35.5. The number of fused-ring (bicyclic) bond motifs is 1. The molecule has 1 aliphatic heterocycles. The fraction of sp³-hybridized carbons (Fsp3) is 0.231. The van der Waals surface area contributed by atoms with Crippen molar-refractivity contribution in [3.05, 3.63) is 51.2 Å². The van der Waals surface area contributed by atoms with Crippen molar-refractivity contribution in [1.82, 2.24) is 4.31 Å². The summed E-state index contributed by atoms with van der Waals surface area (Å²) in [4.78, 5) is 1.47. The molecule has 0 N–H and O–H groups in total. The van der Waals surface area contributed by atoms with Gasteiger partial charge in [-0.25, -0.2) is 8.42 Å². The topological polar surface area (TPSA) is 37.4 Å². The smallest absolute Gasteiger partial charge is 0.207 e. The minimum atomic E-state index is -3.51. The molecule has 0 unspecified atom stereocenters. The molecule has 19 heavy (non-hydrogen) atoms. The van der Waals surface area contributed by atoms with Crippen molar-refractivity contribution in [3.8, 4) is 0 Å². The van der Waals surface area contributed by atoms with E-state index in [4.69, 9.17) is 11.6 Å². The number of sulfonamides is 1. The second kappa shape index (κ2) is 4.90. The average molecular weight is 314 g/mol. The quantitative estimate of drug-likeness (QED) is 0.854. The van der Waals surface area contributed by atoms with E-state index in [2.05, 4.69) is 0 Å². The summed E-state index contributed by atoms with van der Waals surface area (Å²) in [5, 5.41) is 2.29. The standard InChI is InChI=1S/C13H12ClNO2S2/c14-11-3-1-2-4-13(11)19(16,17)15-7-5-12-10(9-15)6-8-18-12/h1-4,6,8H,5,7,9H2. The molecule has 0 atom stereocenters. The highest BCUT2D eigenvalue weighted by Gasteiger charge is 2.30. The third-order valence-electron chi connectivity index (χ3n) is 3.23. The maximum Gasteiger partial charge on any atom is 0.244 e. The van der Waals surface area contributed by atoms with Crippen molar-refractivity contribution in [2.75, 3.05) is 6.54 Å². The lowest BCUT2D eigenvalue weighted by Crippen LogP contribution is -2.35. The van der Waals surface area contributed by atoms with Crippen molar-refractivity contribution >= 4 is 33.0 Å². The van der Waals surface area contributed by atoms with E-state index < -0.39 is 10.0 Å². The van der Waals surface area contributed by atoms with Crippen LogP contribution in [0.2, 0.25) is 5.02 Å². The average Bonchev–Trinajstić information content (AvgIpc) is 2.86. The van der Waals surface area contributed by atoms with Gasteiger partial charge in [0.05, 0.1) is 5.02 Å². The SMILES string of the molecule is O=S(=O)(c1ccccc1Cl)N1CCc2sccc2C1. The van der Waals surface area contributed by atoms with Gasteiger partial charge < -0.3 is 0 Å². The molecule has 0 saturated carbocycles. The maximum atomic E-state index is 12.6. The fourth-order valence-electron chi connectivity index (χ4n) is 2.22. The molecule has 0 radical (unpaired) electrons. The molecule has 3 rings (SSSR count). The zero-order valence-electron chi connectivity index (χ0n) is 10.0. The van der Waals surface area contributed by atoms with Crippen molar-refractivity contribution in [2.24, 2.45) is 0 Å². The van der Waals surface area contributed by atoms with Gasteiger partial charge in [0, 0.05) is 18.0 Å². The highest BCUT2D eigenvalue weighted by Crippen LogP contribution is 2.30. The summed E-state index contributed by atoms with van der Waals surface area (Å²) in [5.74, 6) is 0. The van der Waals surface area contributed by atoms with Crippen LogP contribution in [0.1, 0.15) is 10.4 Å². The Balaban J connectivity index is 1.97. The van der Waals surface area contributed by atoms with E-state index >= 15 is 0 Å². The summed E-state index contributed by atoms with van der Waals surface area (Å²) in [5.41, 5.74) is 1.10. The minimum absolute atomic E-state index is 0.190. The molecular formula is C13H12ClNO2S2. The summed E-state index contributed by atoms with van der Waals surface area (Å²) in [6, 6.07) is 8.58. The number of nitrogens with zero attached hydrogens (tertiary/aromatic N) is 1. The first-order valence-corrected chi connectivity index (χ1v) is 8.59. The molecule has 3 nitrogen and oxygen atoms in total. The molecule has 100 valence electrons. The molecule has 0 amide bonds. The number of hydrogen-bond acceptors (Lipinski definition) is 3. The zero-order chi connectivity index (χ0) is 13.5. The minimum Gasteiger partial charge on any atom is -0.207 e. The Hall–Kier alpha value is -0.880. The number of halogens is 1. The Labute approximate surface area is 121 Å². The van der Waals surface area contributed by atoms with Crippen LogP contribution in [-0.4, -0.2) is 19.3 Å². The molecule has 0 aliphatic carbocycles. The molecule has 0 fully saturated rings. The van der Waals surface area contributed by atoms with Gasteiger partial charge in [0.2, 0.25) is 10.0 Å². The molecule has 6 heteroatoms. The number of hydrogen-bond donors (Lipinski definition) is 0. The van der Waals surface area contributed by atoms with Crippen molar-refractivity contribution < 1.29 is 8.42 Å². The molecule has 1 aliphatic rings. The Morgan fingerprint density at radius 3 is 2.79 bits per heavy atom. The largest absolute Gasteiger partial charge is 0.244 e. The Bertz CT molecular complexity index is 709. The lowest BCUT2D eigenvalue weighted by molar-refractivity contribution is 0.394. The third kappa shape index (κ3) is 2.31. The van der Waals surface area contributed by atoms with Gasteiger partial charge in [-0.2, -0.15) is 4.31 Å². The van der Waals surface area contributed by atoms with Gasteiger partial charge in [-0.3, -0.25) is 0 Å². The van der Waals surface area contributed by atoms with Crippen LogP contribution in [0.5, 0.6) is 0 Å². The predicted octanol–water partition coefficient (Wildman–Crippen LogP) is 3.15. The van der Waals surface area contributed by atoms with E-state index in [1.54, 1.807) is 35.6 Å². The van der Waals surface area contributed by atoms with Crippen LogP contribution in [0.4, 0.5) is 0 Å². The van der Waals surface area contributed by atoms with Gasteiger partial charge in [-0.15, -0.1) is 11.3 Å². The molecule has 0 saturated heterocycles. The van der Waals surface area contributed by atoms with Crippen LogP contribution in [-0.2, 0) is 23.0 Å². The normalized spacial score (nSPS) is 16.3. The predicted molar refractivity (Wildman–Crippen MR) is 77.1 cm³/mol. The zero-order valence-corrected chi connectivity index (χ0v) is 12.4. The van der Waals surface area contributed by atoms with Gasteiger partial charge in [-0.1, -0.05) is 23.7 Å². The molecule has 1 aromatic heterocycles. The first kappa shape index (κ1) is 13.1. The van der Waals surface area contributed by atoms with E-state index in [-0.39, 0.29) is 9.92 Å². The van der Waals surface area contributed by atoms with Gasteiger partial charge >= 0.3 is 0 Å². The van der Waals surface area contributed by atoms with Crippen LogP contribution < -0.4 is 0 Å². The Morgan fingerprint density at radius 1 is 1.21 bits per heavy atom. The molecule has 1 aromatic carbocycles. The molecule has 2 aromatic rings. The van der Waals surface area contributed by atoms with Crippen LogP contribution in [0.15, 0.2) is 40.6 Å². The summed E-state index contributed by atoms with van der Waals surface area (Å²) in [6.07, 6.45) is 0.774. The second-order valence-corrected chi connectivity index (χ2v) is 7.70. The molecule has 2 heterocycles. The molecule has 0 bridgehead atoms. The lowest BCUT2D eigenvalue weighted by atomic mass is 10.1. The fourth-order valence-corrected chi connectivity index (χ4v) is 5.02. The van der Waals surface area contributed by atoms with Crippen LogP contribution in [0.25, 0.3) is 0 Å². The Kier molecular flexibility index (Phi) is 3.39. The van der Waals surface area contributed by atoms with Crippen molar-refractivity contribution in [3.63, 3.8) is 0 Å². The van der Waals surface area contributed by atoms with Gasteiger partial charge in [0.15, 0.2) is 0 Å². The summed E-state index contributed by atoms with van der Waals surface area (Å²) >= 11 is 7.69. The van der Waals surface area contributed by atoms with Gasteiger partial charge in [-0.05, 0) is 35.6 Å². The van der Waals surface area contributed by atoms with E-state index in [1.165, 1.54) is 9.18 Å². The van der Waals surface area contributed by atoms with Gasteiger partial charge in [0.1, 0.15) is 4.90 Å². The summed E-state index contributed by atoms with van der Waals surface area (Å²) < 4.78 is 26.7. The third-order valence-corrected chi connectivity index (χ3v) is 6.60. The number of thiophene rings is 1. The summed E-state index contributed by atoms with van der Waals surface area (Å²) in [7, 11) is -3.51. The van der Waals surface area contributed by atoms with E-state index in [9.17, 15) is 8.42 Å². The van der Waals surface area contributed by atoms with E-state index in [0.29, 0.717) is 13.1 Å². The lowest BCUT2D eigenvalue weighted by Gasteiger charge is -2.26. The second-order valence-electron chi connectivity index (χ2n) is 4.39. The highest BCUT2D eigenvalue weighted by molar-refractivity contribution is 7.89. The molecule has 0 spiro atoms. The van der Waals surface area contributed by atoms with Crippen molar-refractivity contribution in [1.29, 1.82) is 0 Å². The van der Waals surface area contributed by atoms with Gasteiger partial charge in [0.25, 0.3) is 0 Å². The first-order chi connectivity index (χ1) is 9.09. The molecular weight excluding hydrogens is 302 g/mol. The van der Waals surface area contributed by atoms with Crippen LogP contribution >= 0.6 is 22.9 Å². The Morgan fingerprint density at radius 2 is 2.00 bits per heavy atom.